The molecule has 1 unspecified atom stereocenters. The van der Waals surface area contributed by atoms with E-state index in [2.05, 4.69) is 22.1 Å². The van der Waals surface area contributed by atoms with Crippen LogP contribution in [0.25, 0.3) is 10.9 Å². The lowest BCUT2D eigenvalue weighted by Gasteiger charge is -2.21. The first-order valence-corrected chi connectivity index (χ1v) is 7.83. The van der Waals surface area contributed by atoms with Gasteiger partial charge < -0.3 is 16.0 Å². The molecule has 0 aliphatic carbocycles. The van der Waals surface area contributed by atoms with E-state index >= 15 is 0 Å². The summed E-state index contributed by atoms with van der Waals surface area (Å²) in [6.45, 7) is 7.01. The first-order chi connectivity index (χ1) is 10.2. The Morgan fingerprint density at radius 1 is 1.29 bits per heavy atom. The fraction of sp³-hybridized carbons (Fsp3) is 0.471. The van der Waals surface area contributed by atoms with Crippen molar-refractivity contribution in [3.63, 3.8) is 0 Å². The van der Waals surface area contributed by atoms with Crippen LogP contribution in [0, 0.1) is 5.92 Å². The summed E-state index contributed by atoms with van der Waals surface area (Å²) in [5.41, 5.74) is 8.68. The molecule has 0 radical (unpaired) electrons. The molecule has 2 heterocycles. The molecule has 0 amide bonds. The number of rotatable bonds is 5. The van der Waals surface area contributed by atoms with E-state index < -0.39 is 0 Å². The topological polar surface area (TPSA) is 54.2 Å². The molecular formula is C17H24N4. The normalized spacial score (nSPS) is 17.2. The third kappa shape index (κ3) is 3.45. The molecule has 112 valence electrons. The molecule has 1 atom stereocenters. The van der Waals surface area contributed by atoms with Crippen LogP contribution in [0.15, 0.2) is 30.5 Å². The van der Waals surface area contributed by atoms with Gasteiger partial charge in [-0.05, 0) is 56.1 Å². The second-order valence-electron chi connectivity index (χ2n) is 6.13. The number of nitrogens with zero attached hydrogens (tertiary/aromatic N) is 2. The van der Waals surface area contributed by atoms with Crippen molar-refractivity contribution in [1.29, 1.82) is 0 Å². The van der Waals surface area contributed by atoms with E-state index in [1.165, 1.54) is 32.5 Å². The van der Waals surface area contributed by atoms with Gasteiger partial charge in [0.2, 0.25) is 0 Å². The van der Waals surface area contributed by atoms with E-state index in [1.807, 2.05) is 30.5 Å². The molecule has 3 N–H and O–H groups in total. The largest absolute Gasteiger partial charge is 0.399 e. The lowest BCUT2D eigenvalue weighted by atomic mass is 10.1. The highest BCUT2D eigenvalue weighted by Crippen LogP contribution is 2.23. The van der Waals surface area contributed by atoms with Gasteiger partial charge in [0.1, 0.15) is 0 Å². The maximum Gasteiger partial charge on any atom is 0.0743 e. The molecule has 2 aromatic rings. The minimum absolute atomic E-state index is 0.639. The number of likely N-dealkylation sites (tertiary alicyclic amines) is 1. The zero-order chi connectivity index (χ0) is 14.7. The summed E-state index contributed by atoms with van der Waals surface area (Å²) in [4.78, 5) is 6.95. The Kier molecular flexibility index (Phi) is 4.25. The maximum absolute atomic E-state index is 5.82. The zero-order valence-electron chi connectivity index (χ0n) is 12.7. The van der Waals surface area contributed by atoms with Crippen LogP contribution in [0.2, 0.25) is 0 Å². The number of anilines is 2. The second kappa shape index (κ2) is 6.31. The van der Waals surface area contributed by atoms with Gasteiger partial charge in [-0.2, -0.15) is 0 Å². The van der Waals surface area contributed by atoms with E-state index in [0.717, 1.165) is 28.8 Å². The minimum atomic E-state index is 0.639. The van der Waals surface area contributed by atoms with Crippen LogP contribution < -0.4 is 11.1 Å². The molecular weight excluding hydrogens is 260 g/mol. The molecule has 1 fully saturated rings. The third-order valence-electron chi connectivity index (χ3n) is 4.18. The number of hydrogen-bond acceptors (Lipinski definition) is 4. The Bertz CT molecular complexity index is 605. The summed E-state index contributed by atoms with van der Waals surface area (Å²) < 4.78 is 0. The summed E-state index contributed by atoms with van der Waals surface area (Å²) in [5.74, 6) is 0.639. The standard InChI is InChI=1S/C17H24N4/c1-13(12-21-8-2-3-9-21)11-20-16-6-7-19-17-10-14(18)4-5-15(16)17/h4-7,10,13H,2-3,8-9,11-12,18H2,1H3,(H,19,20). The first-order valence-electron chi connectivity index (χ1n) is 7.83. The molecule has 0 saturated carbocycles. The summed E-state index contributed by atoms with van der Waals surface area (Å²) in [5, 5.41) is 4.71. The average Bonchev–Trinajstić information content (AvgIpc) is 2.97. The molecule has 1 aromatic carbocycles. The van der Waals surface area contributed by atoms with Crippen LogP contribution in [0.5, 0.6) is 0 Å². The van der Waals surface area contributed by atoms with Gasteiger partial charge in [0.15, 0.2) is 0 Å². The molecule has 0 spiro atoms. The molecule has 1 aliphatic heterocycles. The highest BCUT2D eigenvalue weighted by atomic mass is 15.1. The van der Waals surface area contributed by atoms with Gasteiger partial charge >= 0.3 is 0 Å². The van der Waals surface area contributed by atoms with Crippen molar-refractivity contribution in [2.75, 3.05) is 37.2 Å². The van der Waals surface area contributed by atoms with Crippen LogP contribution in [-0.4, -0.2) is 36.1 Å². The van der Waals surface area contributed by atoms with Crippen molar-refractivity contribution >= 4 is 22.3 Å². The van der Waals surface area contributed by atoms with Crippen molar-refractivity contribution < 1.29 is 0 Å². The Labute approximate surface area is 126 Å². The van der Waals surface area contributed by atoms with E-state index in [-0.39, 0.29) is 0 Å². The van der Waals surface area contributed by atoms with Gasteiger partial charge in [-0.1, -0.05) is 6.92 Å². The van der Waals surface area contributed by atoms with Crippen LogP contribution >= 0.6 is 0 Å². The average molecular weight is 284 g/mol. The summed E-state index contributed by atoms with van der Waals surface area (Å²) in [6, 6.07) is 7.95. The molecule has 0 bridgehead atoms. The predicted molar refractivity (Wildman–Crippen MR) is 89.5 cm³/mol. The number of aromatic nitrogens is 1. The number of fused-ring (bicyclic) bond motifs is 1. The molecule has 4 nitrogen and oxygen atoms in total. The van der Waals surface area contributed by atoms with Crippen molar-refractivity contribution in [3.05, 3.63) is 30.5 Å². The Hall–Kier alpha value is -1.81. The van der Waals surface area contributed by atoms with Gasteiger partial charge in [-0.25, -0.2) is 0 Å². The maximum atomic E-state index is 5.82. The molecule has 1 aliphatic rings. The Morgan fingerprint density at radius 2 is 2.10 bits per heavy atom. The van der Waals surface area contributed by atoms with Gasteiger partial charge in [-0.15, -0.1) is 0 Å². The van der Waals surface area contributed by atoms with E-state index in [4.69, 9.17) is 5.73 Å². The minimum Gasteiger partial charge on any atom is -0.399 e. The fourth-order valence-electron chi connectivity index (χ4n) is 3.07. The van der Waals surface area contributed by atoms with Crippen LogP contribution in [-0.2, 0) is 0 Å². The Balaban J connectivity index is 1.64. The highest BCUT2D eigenvalue weighted by Gasteiger charge is 2.14. The lowest BCUT2D eigenvalue weighted by molar-refractivity contribution is 0.294. The third-order valence-corrected chi connectivity index (χ3v) is 4.18. The van der Waals surface area contributed by atoms with E-state index in [1.54, 1.807) is 0 Å². The first kappa shape index (κ1) is 14.1. The zero-order valence-corrected chi connectivity index (χ0v) is 12.7. The number of benzene rings is 1. The number of nitrogens with two attached hydrogens (primary N) is 1. The van der Waals surface area contributed by atoms with E-state index in [9.17, 15) is 0 Å². The van der Waals surface area contributed by atoms with Crippen LogP contribution in [0.1, 0.15) is 19.8 Å². The molecule has 1 aromatic heterocycles. The second-order valence-corrected chi connectivity index (χ2v) is 6.13. The van der Waals surface area contributed by atoms with Crippen molar-refractivity contribution in [1.82, 2.24) is 9.88 Å². The highest BCUT2D eigenvalue weighted by molar-refractivity contribution is 5.92. The van der Waals surface area contributed by atoms with Gasteiger partial charge in [0.25, 0.3) is 0 Å². The summed E-state index contributed by atoms with van der Waals surface area (Å²) in [7, 11) is 0. The van der Waals surface area contributed by atoms with Crippen molar-refractivity contribution in [3.8, 4) is 0 Å². The molecule has 21 heavy (non-hydrogen) atoms. The SMILES string of the molecule is CC(CNc1ccnc2cc(N)ccc12)CN1CCCC1. The lowest BCUT2D eigenvalue weighted by Crippen LogP contribution is -2.28. The van der Waals surface area contributed by atoms with E-state index in [0.29, 0.717) is 5.92 Å². The summed E-state index contributed by atoms with van der Waals surface area (Å²) in [6.07, 6.45) is 4.56. The van der Waals surface area contributed by atoms with Gasteiger partial charge in [0.05, 0.1) is 5.52 Å². The fourth-order valence-corrected chi connectivity index (χ4v) is 3.07. The van der Waals surface area contributed by atoms with Gasteiger partial charge in [0, 0.05) is 36.0 Å². The predicted octanol–water partition coefficient (Wildman–Crippen LogP) is 2.96. The number of nitrogen functional groups attached to an aromatic ring is 1. The number of pyridine rings is 1. The Morgan fingerprint density at radius 3 is 2.90 bits per heavy atom. The smallest absolute Gasteiger partial charge is 0.0743 e. The van der Waals surface area contributed by atoms with Crippen molar-refractivity contribution in [2.45, 2.75) is 19.8 Å². The quantitative estimate of drug-likeness (QED) is 0.829. The molecule has 4 heteroatoms. The van der Waals surface area contributed by atoms with Crippen LogP contribution in [0.3, 0.4) is 0 Å². The number of nitrogens with one attached hydrogen (secondary N) is 1. The summed E-state index contributed by atoms with van der Waals surface area (Å²) >= 11 is 0. The monoisotopic (exact) mass is 284 g/mol. The number of hydrogen-bond donors (Lipinski definition) is 2. The van der Waals surface area contributed by atoms with Crippen molar-refractivity contribution in [2.24, 2.45) is 5.92 Å². The van der Waals surface area contributed by atoms with Gasteiger partial charge in [-0.3, -0.25) is 4.98 Å². The molecule has 1 saturated heterocycles. The molecule has 3 rings (SSSR count). The van der Waals surface area contributed by atoms with Crippen LogP contribution in [0.4, 0.5) is 11.4 Å².